The molecule has 2 heterocycles. The van der Waals surface area contributed by atoms with Gasteiger partial charge in [0, 0.05) is 6.54 Å². The van der Waals surface area contributed by atoms with Crippen LogP contribution in [0.2, 0.25) is 0 Å². The number of β-amino-alcohol motifs (C(OH)–C–C–N with tert-alkyl or cyclic N) is 1. The summed E-state index contributed by atoms with van der Waals surface area (Å²) in [7, 11) is 0. The number of amides is 3. The first-order valence-electron chi connectivity index (χ1n) is 8.76. The van der Waals surface area contributed by atoms with Gasteiger partial charge in [0.1, 0.15) is 30.3 Å². The molecule has 2 fully saturated rings. The Morgan fingerprint density at radius 1 is 1.16 bits per heavy atom. The molecule has 0 bridgehead atoms. The second-order valence-corrected chi connectivity index (χ2v) is 6.31. The predicted octanol–water partition coefficient (Wildman–Crippen LogP) is 1.64. The molecule has 0 aliphatic carbocycles. The number of hydrogen-bond acceptors (Lipinski definition) is 5. The van der Waals surface area contributed by atoms with Crippen LogP contribution in [0, 0.1) is 0 Å². The number of benzene rings is 1. The molecule has 0 aromatic heterocycles. The summed E-state index contributed by atoms with van der Waals surface area (Å²) in [6.07, 6.45) is 1.66. The van der Waals surface area contributed by atoms with E-state index in [2.05, 4.69) is 0 Å². The fourth-order valence-corrected chi connectivity index (χ4v) is 3.27. The normalized spacial score (nSPS) is 21.3. The number of carbonyl (C=O) groups excluding carboxylic acids is 2. The Hall–Kier alpha value is -2.28. The van der Waals surface area contributed by atoms with Crippen LogP contribution in [0.5, 0.6) is 11.5 Å². The van der Waals surface area contributed by atoms with Crippen LogP contribution in [0.1, 0.15) is 26.2 Å². The number of piperidine rings is 1. The monoisotopic (exact) mass is 348 g/mol. The van der Waals surface area contributed by atoms with Crippen LogP contribution in [0.15, 0.2) is 24.3 Å². The fourth-order valence-electron chi connectivity index (χ4n) is 3.27. The lowest BCUT2D eigenvalue weighted by atomic mass is 10.0. The molecular weight excluding hydrogens is 324 g/mol. The summed E-state index contributed by atoms with van der Waals surface area (Å²) < 4.78 is 10.9. The number of hydrogen-bond donors (Lipinski definition) is 1. The van der Waals surface area contributed by atoms with Gasteiger partial charge >= 0.3 is 6.03 Å². The number of fused-ring (bicyclic) bond motifs is 1. The summed E-state index contributed by atoms with van der Waals surface area (Å²) >= 11 is 0. The summed E-state index contributed by atoms with van der Waals surface area (Å²) in [5.41, 5.74) is 0. The van der Waals surface area contributed by atoms with Gasteiger partial charge in [-0.2, -0.15) is 0 Å². The summed E-state index contributed by atoms with van der Waals surface area (Å²) in [5.74, 6) is 1.14. The molecular formula is C18H24N2O5. The molecule has 3 amide bonds. The molecule has 7 heteroatoms. The Labute approximate surface area is 147 Å². The fraction of sp³-hybridized carbons (Fsp3) is 0.556. The van der Waals surface area contributed by atoms with Gasteiger partial charge in [0.2, 0.25) is 0 Å². The summed E-state index contributed by atoms with van der Waals surface area (Å²) in [4.78, 5) is 27.5. The van der Waals surface area contributed by atoms with Gasteiger partial charge in [-0.15, -0.1) is 0 Å². The van der Waals surface area contributed by atoms with Crippen LogP contribution in [-0.2, 0) is 4.79 Å². The van der Waals surface area contributed by atoms with Gasteiger partial charge < -0.3 is 19.5 Å². The number of carbonyl (C=O) groups is 2. The third-order valence-corrected chi connectivity index (χ3v) is 4.50. The van der Waals surface area contributed by atoms with Gasteiger partial charge in [0.25, 0.3) is 5.91 Å². The van der Waals surface area contributed by atoms with Crippen molar-refractivity contribution in [1.29, 1.82) is 0 Å². The van der Waals surface area contributed by atoms with E-state index in [9.17, 15) is 14.7 Å². The molecule has 0 unspecified atom stereocenters. The SMILES string of the molecule is CCOc1ccc(OC[C@@H](O)CN2C(=O)[C@H]3CCCCN3C2=O)cc1. The molecule has 1 aromatic rings. The highest BCUT2D eigenvalue weighted by Crippen LogP contribution is 2.26. The van der Waals surface area contributed by atoms with E-state index in [-0.39, 0.29) is 31.1 Å². The lowest BCUT2D eigenvalue weighted by Gasteiger charge is -2.26. The maximum absolute atomic E-state index is 12.4. The van der Waals surface area contributed by atoms with Crippen molar-refractivity contribution in [3.05, 3.63) is 24.3 Å². The maximum Gasteiger partial charge on any atom is 0.327 e. The average Bonchev–Trinajstić information content (AvgIpc) is 2.87. The highest BCUT2D eigenvalue weighted by Gasteiger charge is 2.46. The molecule has 2 aliphatic rings. The van der Waals surface area contributed by atoms with Gasteiger partial charge in [0.15, 0.2) is 0 Å². The van der Waals surface area contributed by atoms with Crippen molar-refractivity contribution in [2.75, 3.05) is 26.3 Å². The zero-order valence-corrected chi connectivity index (χ0v) is 14.4. The van der Waals surface area contributed by atoms with Gasteiger partial charge in [-0.1, -0.05) is 0 Å². The smallest absolute Gasteiger partial charge is 0.327 e. The second kappa shape index (κ2) is 7.74. The first-order chi connectivity index (χ1) is 12.1. The predicted molar refractivity (Wildman–Crippen MR) is 90.6 cm³/mol. The van der Waals surface area contributed by atoms with Crippen molar-refractivity contribution in [2.45, 2.75) is 38.3 Å². The van der Waals surface area contributed by atoms with Crippen molar-refractivity contribution >= 4 is 11.9 Å². The number of aliphatic hydroxyl groups excluding tert-OH is 1. The standard InChI is InChI=1S/C18H24N2O5/c1-2-24-14-6-8-15(9-7-14)25-12-13(21)11-20-17(22)16-5-3-4-10-19(16)18(20)23/h6-9,13,16,21H,2-5,10-12H2,1H3/t13-,16+/m0/s1. The molecule has 1 N–H and O–H groups in total. The van der Waals surface area contributed by atoms with Gasteiger partial charge in [-0.3, -0.25) is 9.69 Å². The van der Waals surface area contributed by atoms with Crippen LogP contribution in [-0.4, -0.2) is 65.3 Å². The topological polar surface area (TPSA) is 79.3 Å². The molecule has 25 heavy (non-hydrogen) atoms. The Bertz CT molecular complexity index is 594. The van der Waals surface area contributed by atoms with Crippen LogP contribution >= 0.6 is 0 Å². The zero-order valence-electron chi connectivity index (χ0n) is 14.4. The third-order valence-electron chi connectivity index (χ3n) is 4.50. The molecule has 7 nitrogen and oxygen atoms in total. The number of imide groups is 1. The average molecular weight is 348 g/mol. The highest BCUT2D eigenvalue weighted by molar-refractivity contribution is 6.04. The Morgan fingerprint density at radius 2 is 1.84 bits per heavy atom. The minimum Gasteiger partial charge on any atom is -0.494 e. The van der Waals surface area contributed by atoms with Gasteiger partial charge in [-0.25, -0.2) is 4.79 Å². The van der Waals surface area contributed by atoms with Crippen molar-refractivity contribution in [3.63, 3.8) is 0 Å². The van der Waals surface area contributed by atoms with E-state index in [1.807, 2.05) is 6.92 Å². The van der Waals surface area contributed by atoms with E-state index >= 15 is 0 Å². The van der Waals surface area contributed by atoms with Crippen molar-refractivity contribution in [3.8, 4) is 11.5 Å². The summed E-state index contributed by atoms with van der Waals surface area (Å²) in [6.45, 7) is 3.09. The second-order valence-electron chi connectivity index (χ2n) is 6.31. The van der Waals surface area contributed by atoms with E-state index in [0.717, 1.165) is 23.5 Å². The maximum atomic E-state index is 12.4. The molecule has 0 saturated carbocycles. The first kappa shape index (κ1) is 17.5. The van der Waals surface area contributed by atoms with Crippen molar-refractivity contribution < 1.29 is 24.2 Å². The number of ether oxygens (including phenoxy) is 2. The first-order valence-corrected chi connectivity index (χ1v) is 8.76. The van der Waals surface area contributed by atoms with E-state index in [0.29, 0.717) is 25.3 Å². The van der Waals surface area contributed by atoms with Crippen molar-refractivity contribution in [1.82, 2.24) is 9.80 Å². The molecule has 1 aromatic carbocycles. The lowest BCUT2D eigenvalue weighted by Crippen LogP contribution is -2.40. The van der Waals surface area contributed by atoms with Crippen molar-refractivity contribution in [2.24, 2.45) is 0 Å². The molecule has 136 valence electrons. The van der Waals surface area contributed by atoms with Crippen LogP contribution in [0.4, 0.5) is 4.79 Å². The van der Waals surface area contributed by atoms with E-state index in [4.69, 9.17) is 9.47 Å². The van der Waals surface area contributed by atoms with Gasteiger partial charge in [-0.05, 0) is 50.5 Å². The lowest BCUT2D eigenvalue weighted by molar-refractivity contribution is -0.129. The number of aliphatic hydroxyl groups is 1. The summed E-state index contributed by atoms with van der Waals surface area (Å²) in [5, 5.41) is 10.2. The number of nitrogens with zero attached hydrogens (tertiary/aromatic N) is 2. The highest BCUT2D eigenvalue weighted by atomic mass is 16.5. The molecule has 2 aliphatic heterocycles. The van der Waals surface area contributed by atoms with Gasteiger partial charge in [0.05, 0.1) is 13.2 Å². The summed E-state index contributed by atoms with van der Waals surface area (Å²) in [6, 6.07) is 6.44. The van der Waals surface area contributed by atoms with Crippen LogP contribution < -0.4 is 9.47 Å². The van der Waals surface area contributed by atoms with E-state index < -0.39 is 6.10 Å². The molecule has 2 atom stereocenters. The van der Waals surface area contributed by atoms with E-state index in [1.54, 1.807) is 29.2 Å². The third kappa shape index (κ3) is 3.87. The molecule has 0 radical (unpaired) electrons. The molecule has 2 saturated heterocycles. The largest absolute Gasteiger partial charge is 0.494 e. The number of urea groups is 1. The minimum absolute atomic E-state index is 0.00963. The molecule has 3 rings (SSSR count). The quantitative estimate of drug-likeness (QED) is 0.758. The molecule has 0 spiro atoms. The minimum atomic E-state index is -0.930. The zero-order chi connectivity index (χ0) is 17.8. The number of rotatable bonds is 7. The van der Waals surface area contributed by atoms with Crippen LogP contribution in [0.3, 0.4) is 0 Å². The Kier molecular flexibility index (Phi) is 5.43. The van der Waals surface area contributed by atoms with Crippen LogP contribution in [0.25, 0.3) is 0 Å². The van der Waals surface area contributed by atoms with E-state index in [1.165, 1.54) is 0 Å². The Morgan fingerprint density at radius 3 is 2.48 bits per heavy atom. The Balaban J connectivity index is 1.51.